The minimum Gasteiger partial charge on any atom is -0.277 e. The van der Waals surface area contributed by atoms with Gasteiger partial charge < -0.3 is 0 Å². The Morgan fingerprint density at radius 2 is 1.09 bits per heavy atom. The molecule has 2 aromatic heterocycles. The van der Waals surface area contributed by atoms with Gasteiger partial charge in [0.1, 0.15) is 0 Å². The second kappa shape index (κ2) is 12.4. The monoisotopic (exact) mass is 690 g/mol. The Kier molecular flexibility index (Phi) is 7.02. The molecule has 54 heavy (non-hydrogen) atoms. The number of nitrogens with zero attached hydrogens (tertiary/aromatic N) is 4. The molecular formula is C50H34N4. The molecule has 0 saturated carbocycles. The van der Waals surface area contributed by atoms with Gasteiger partial charge in [-0.1, -0.05) is 158 Å². The van der Waals surface area contributed by atoms with Crippen molar-refractivity contribution in [2.45, 2.75) is 18.8 Å². The Morgan fingerprint density at radius 1 is 0.481 bits per heavy atom. The zero-order valence-electron chi connectivity index (χ0n) is 29.5. The van der Waals surface area contributed by atoms with E-state index in [0.29, 0.717) is 23.5 Å². The van der Waals surface area contributed by atoms with Crippen LogP contribution in [0.1, 0.15) is 22.6 Å². The fourth-order valence-corrected chi connectivity index (χ4v) is 8.71. The van der Waals surface area contributed by atoms with Gasteiger partial charge in [0.05, 0.1) is 11.0 Å². The third kappa shape index (κ3) is 5.02. The lowest BCUT2D eigenvalue weighted by molar-refractivity contribution is 0.674. The van der Waals surface area contributed by atoms with Crippen molar-refractivity contribution in [3.05, 3.63) is 193 Å². The SMILES string of the molecule is c1ccc(CC2Cc3c(ccc4c5ccccc5n(-c5nc(-c6ccc7ccccc7c6)nc(-c6ccc7ccccc7c6)n5)c34)-c3ccccc32)cc1. The van der Waals surface area contributed by atoms with Crippen LogP contribution in [0.5, 0.6) is 0 Å². The Balaban J connectivity index is 1.19. The molecule has 1 atom stereocenters. The Bertz CT molecular complexity index is 2970. The first-order chi connectivity index (χ1) is 26.7. The molecule has 4 nitrogen and oxygen atoms in total. The molecule has 254 valence electrons. The molecule has 4 heteroatoms. The molecule has 11 rings (SSSR count). The molecule has 1 aliphatic carbocycles. The van der Waals surface area contributed by atoms with E-state index < -0.39 is 0 Å². The third-order valence-electron chi connectivity index (χ3n) is 11.2. The van der Waals surface area contributed by atoms with Gasteiger partial charge >= 0.3 is 0 Å². The van der Waals surface area contributed by atoms with E-state index in [1.807, 2.05) is 0 Å². The molecular weight excluding hydrogens is 657 g/mol. The maximum atomic E-state index is 5.36. The van der Waals surface area contributed by atoms with Crippen molar-refractivity contribution in [3.8, 4) is 39.9 Å². The summed E-state index contributed by atoms with van der Waals surface area (Å²) in [5.41, 5.74) is 10.9. The summed E-state index contributed by atoms with van der Waals surface area (Å²) < 4.78 is 2.31. The van der Waals surface area contributed by atoms with E-state index >= 15 is 0 Å². The quantitative estimate of drug-likeness (QED) is 0.181. The van der Waals surface area contributed by atoms with Crippen LogP contribution in [0.3, 0.4) is 0 Å². The average molecular weight is 691 g/mol. The lowest BCUT2D eigenvalue weighted by Gasteiger charge is -2.29. The average Bonchev–Trinajstić information content (AvgIpc) is 3.58. The Hall–Kier alpha value is -6.91. The highest BCUT2D eigenvalue weighted by Gasteiger charge is 2.29. The van der Waals surface area contributed by atoms with Gasteiger partial charge in [-0.05, 0) is 86.3 Å². The van der Waals surface area contributed by atoms with Crippen LogP contribution in [-0.2, 0) is 12.8 Å². The van der Waals surface area contributed by atoms with E-state index in [9.17, 15) is 0 Å². The van der Waals surface area contributed by atoms with Crippen LogP contribution in [0.25, 0.3) is 83.2 Å². The smallest absolute Gasteiger partial charge is 0.238 e. The zero-order chi connectivity index (χ0) is 35.6. The number of benzene rings is 8. The van der Waals surface area contributed by atoms with E-state index in [-0.39, 0.29) is 0 Å². The van der Waals surface area contributed by atoms with Crippen LogP contribution in [0.2, 0.25) is 0 Å². The van der Waals surface area contributed by atoms with E-state index in [1.165, 1.54) is 54.9 Å². The second-order valence-corrected chi connectivity index (χ2v) is 14.4. The van der Waals surface area contributed by atoms with Crippen molar-refractivity contribution in [2.75, 3.05) is 0 Å². The molecule has 0 N–H and O–H groups in total. The molecule has 8 aromatic carbocycles. The standard InChI is InChI=1S/C50H34N4/c1-2-12-32(13-3-1)28-39-31-45-42(41-19-9-8-18-40(39)41)26-27-44-43-20-10-11-21-46(43)54(47(44)45)50-52-48(37-24-22-33-14-4-6-16-35(33)29-37)51-49(53-50)38-25-23-34-15-5-7-17-36(34)30-38/h1-27,29-30,39H,28,31H2. The fourth-order valence-electron chi connectivity index (χ4n) is 8.71. The van der Waals surface area contributed by atoms with Crippen LogP contribution in [0, 0.1) is 0 Å². The van der Waals surface area contributed by atoms with E-state index in [0.717, 1.165) is 40.3 Å². The highest BCUT2D eigenvalue weighted by molar-refractivity contribution is 6.12. The van der Waals surface area contributed by atoms with Gasteiger partial charge in [0.15, 0.2) is 11.6 Å². The summed E-state index contributed by atoms with van der Waals surface area (Å²) in [6, 6.07) is 63.0. The molecule has 0 spiro atoms. The predicted octanol–water partition coefficient (Wildman–Crippen LogP) is 12.2. The van der Waals surface area contributed by atoms with E-state index in [4.69, 9.17) is 15.0 Å². The van der Waals surface area contributed by atoms with Crippen molar-refractivity contribution < 1.29 is 0 Å². The van der Waals surface area contributed by atoms with Gasteiger partial charge in [-0.15, -0.1) is 0 Å². The van der Waals surface area contributed by atoms with Crippen molar-refractivity contribution in [1.29, 1.82) is 0 Å². The molecule has 0 bridgehead atoms. The normalized spacial score (nSPS) is 13.7. The number of hydrogen-bond acceptors (Lipinski definition) is 3. The minimum absolute atomic E-state index is 0.327. The van der Waals surface area contributed by atoms with Crippen molar-refractivity contribution in [1.82, 2.24) is 19.5 Å². The highest BCUT2D eigenvalue weighted by Crippen LogP contribution is 2.46. The maximum absolute atomic E-state index is 5.36. The summed E-state index contributed by atoms with van der Waals surface area (Å²) in [4.78, 5) is 15.9. The number of aromatic nitrogens is 4. The van der Waals surface area contributed by atoms with Crippen LogP contribution in [-0.4, -0.2) is 19.5 Å². The topological polar surface area (TPSA) is 43.6 Å². The lowest BCUT2D eigenvalue weighted by atomic mass is 9.75. The van der Waals surface area contributed by atoms with Crippen molar-refractivity contribution in [2.24, 2.45) is 0 Å². The first kappa shape index (κ1) is 30.7. The molecule has 0 aliphatic heterocycles. The first-order valence-corrected chi connectivity index (χ1v) is 18.7. The van der Waals surface area contributed by atoms with Crippen molar-refractivity contribution >= 4 is 43.4 Å². The number of para-hydroxylation sites is 1. The van der Waals surface area contributed by atoms with Gasteiger partial charge in [-0.3, -0.25) is 4.57 Å². The summed E-state index contributed by atoms with van der Waals surface area (Å²) in [6.07, 6.45) is 1.88. The fraction of sp³-hybridized carbons (Fsp3) is 0.0600. The minimum atomic E-state index is 0.327. The van der Waals surface area contributed by atoms with Gasteiger partial charge in [0.2, 0.25) is 5.95 Å². The number of fused-ring (bicyclic) bond motifs is 9. The third-order valence-corrected chi connectivity index (χ3v) is 11.2. The molecule has 2 heterocycles. The van der Waals surface area contributed by atoms with E-state index in [2.05, 4.69) is 180 Å². The Morgan fingerprint density at radius 3 is 1.81 bits per heavy atom. The van der Waals surface area contributed by atoms with Gasteiger partial charge in [-0.25, -0.2) is 4.98 Å². The first-order valence-electron chi connectivity index (χ1n) is 18.7. The van der Waals surface area contributed by atoms with Gasteiger partial charge in [0.25, 0.3) is 0 Å². The molecule has 0 radical (unpaired) electrons. The lowest BCUT2D eigenvalue weighted by Crippen LogP contribution is -2.15. The summed E-state index contributed by atoms with van der Waals surface area (Å²) in [5.74, 6) is 2.25. The molecule has 0 saturated heterocycles. The van der Waals surface area contributed by atoms with Crippen molar-refractivity contribution in [3.63, 3.8) is 0 Å². The summed E-state index contributed by atoms with van der Waals surface area (Å²) in [6.45, 7) is 0. The van der Waals surface area contributed by atoms with Crippen LogP contribution in [0.15, 0.2) is 176 Å². The molecule has 0 fully saturated rings. The molecule has 1 unspecified atom stereocenters. The number of hydrogen-bond donors (Lipinski definition) is 0. The van der Waals surface area contributed by atoms with Crippen LogP contribution in [0.4, 0.5) is 0 Å². The predicted molar refractivity (Wildman–Crippen MR) is 222 cm³/mol. The second-order valence-electron chi connectivity index (χ2n) is 14.4. The van der Waals surface area contributed by atoms with Crippen LogP contribution >= 0.6 is 0 Å². The maximum Gasteiger partial charge on any atom is 0.238 e. The Labute approximate surface area is 313 Å². The summed E-state index contributed by atoms with van der Waals surface area (Å²) in [7, 11) is 0. The molecule has 1 aliphatic rings. The summed E-state index contributed by atoms with van der Waals surface area (Å²) in [5, 5.41) is 7.07. The van der Waals surface area contributed by atoms with Gasteiger partial charge in [-0.2, -0.15) is 9.97 Å². The number of rotatable bonds is 5. The van der Waals surface area contributed by atoms with E-state index in [1.54, 1.807) is 0 Å². The van der Waals surface area contributed by atoms with Crippen LogP contribution < -0.4 is 0 Å². The molecule has 0 amide bonds. The zero-order valence-corrected chi connectivity index (χ0v) is 29.5. The van der Waals surface area contributed by atoms with Gasteiger partial charge in [0, 0.05) is 21.9 Å². The summed E-state index contributed by atoms with van der Waals surface area (Å²) >= 11 is 0. The molecule has 10 aromatic rings. The highest BCUT2D eigenvalue weighted by atomic mass is 15.2. The largest absolute Gasteiger partial charge is 0.277 e.